The van der Waals surface area contributed by atoms with E-state index in [1.807, 2.05) is 6.92 Å². The molecule has 1 aliphatic carbocycles. The summed E-state index contributed by atoms with van der Waals surface area (Å²) in [6, 6.07) is 0. The van der Waals surface area contributed by atoms with E-state index in [2.05, 4.69) is 27.5 Å². The van der Waals surface area contributed by atoms with Crippen LogP contribution in [0.1, 0.15) is 50.0 Å². The van der Waals surface area contributed by atoms with Gasteiger partial charge in [0.05, 0.1) is 12.4 Å². The SMILES string of the molecule is CCNc1cncc(C(=O)NCC2CCC(C)CC2)n1. The first kappa shape index (κ1) is 14.8. The Labute approximate surface area is 120 Å². The molecule has 5 nitrogen and oxygen atoms in total. The fraction of sp³-hybridized carbons (Fsp3) is 0.667. The predicted octanol–water partition coefficient (Wildman–Crippen LogP) is 2.46. The average Bonchev–Trinajstić information content (AvgIpc) is 2.47. The highest BCUT2D eigenvalue weighted by Crippen LogP contribution is 2.27. The topological polar surface area (TPSA) is 66.9 Å². The Balaban J connectivity index is 1.83. The Hall–Kier alpha value is -1.65. The van der Waals surface area contributed by atoms with Crippen LogP contribution in [0.2, 0.25) is 0 Å². The molecule has 0 radical (unpaired) electrons. The molecule has 0 saturated heterocycles. The maximum Gasteiger partial charge on any atom is 0.271 e. The molecule has 1 aromatic rings. The summed E-state index contributed by atoms with van der Waals surface area (Å²) in [5, 5.41) is 6.04. The van der Waals surface area contributed by atoms with E-state index in [0.29, 0.717) is 17.4 Å². The van der Waals surface area contributed by atoms with Gasteiger partial charge in [-0.1, -0.05) is 19.8 Å². The molecule has 0 unspecified atom stereocenters. The van der Waals surface area contributed by atoms with Crippen LogP contribution in [0.3, 0.4) is 0 Å². The normalized spacial score (nSPS) is 22.3. The first-order valence-electron chi connectivity index (χ1n) is 7.53. The van der Waals surface area contributed by atoms with Crippen molar-refractivity contribution in [2.75, 3.05) is 18.4 Å². The van der Waals surface area contributed by atoms with E-state index in [9.17, 15) is 4.79 Å². The van der Waals surface area contributed by atoms with Gasteiger partial charge in [-0.15, -0.1) is 0 Å². The van der Waals surface area contributed by atoms with Crippen LogP contribution in [0, 0.1) is 11.8 Å². The highest BCUT2D eigenvalue weighted by Gasteiger charge is 2.19. The summed E-state index contributed by atoms with van der Waals surface area (Å²) >= 11 is 0. The number of hydrogen-bond acceptors (Lipinski definition) is 4. The molecule has 2 N–H and O–H groups in total. The number of carbonyl (C=O) groups excluding carboxylic acids is 1. The standard InChI is InChI=1S/C15H24N4O/c1-3-17-14-10-16-9-13(19-14)15(20)18-8-12-6-4-11(2)5-7-12/h9-12H,3-8H2,1-2H3,(H,17,19)(H,18,20). The van der Waals surface area contributed by atoms with E-state index in [1.165, 1.54) is 31.9 Å². The molecule has 1 aromatic heterocycles. The van der Waals surface area contributed by atoms with Crippen LogP contribution in [0.25, 0.3) is 0 Å². The minimum absolute atomic E-state index is 0.129. The molecule has 1 heterocycles. The summed E-state index contributed by atoms with van der Waals surface area (Å²) in [6.07, 6.45) is 8.11. The molecule has 1 aliphatic rings. The van der Waals surface area contributed by atoms with Gasteiger partial charge in [0, 0.05) is 13.1 Å². The van der Waals surface area contributed by atoms with Crippen LogP contribution >= 0.6 is 0 Å². The van der Waals surface area contributed by atoms with Gasteiger partial charge in [0.1, 0.15) is 11.5 Å². The fourth-order valence-electron chi connectivity index (χ4n) is 2.60. The third kappa shape index (κ3) is 4.18. The smallest absolute Gasteiger partial charge is 0.271 e. The van der Waals surface area contributed by atoms with Gasteiger partial charge in [-0.25, -0.2) is 4.98 Å². The van der Waals surface area contributed by atoms with Crippen molar-refractivity contribution in [3.8, 4) is 0 Å². The van der Waals surface area contributed by atoms with E-state index in [1.54, 1.807) is 6.20 Å². The molecule has 0 spiro atoms. The predicted molar refractivity (Wildman–Crippen MR) is 79.7 cm³/mol. The lowest BCUT2D eigenvalue weighted by Gasteiger charge is -2.26. The zero-order chi connectivity index (χ0) is 14.4. The Kier molecular flexibility index (Phi) is 5.32. The van der Waals surface area contributed by atoms with E-state index in [4.69, 9.17) is 0 Å². The molecule has 110 valence electrons. The average molecular weight is 276 g/mol. The molecule has 2 rings (SSSR count). The molecule has 1 fully saturated rings. The van der Waals surface area contributed by atoms with Gasteiger partial charge in [-0.3, -0.25) is 9.78 Å². The second kappa shape index (κ2) is 7.22. The van der Waals surface area contributed by atoms with Crippen molar-refractivity contribution in [1.82, 2.24) is 15.3 Å². The Morgan fingerprint density at radius 1 is 1.30 bits per heavy atom. The Morgan fingerprint density at radius 3 is 2.75 bits per heavy atom. The second-order valence-corrected chi connectivity index (χ2v) is 5.66. The lowest BCUT2D eigenvalue weighted by atomic mass is 9.83. The lowest BCUT2D eigenvalue weighted by Crippen LogP contribution is -2.31. The minimum Gasteiger partial charge on any atom is -0.369 e. The van der Waals surface area contributed by atoms with Gasteiger partial charge in [-0.05, 0) is 31.6 Å². The van der Waals surface area contributed by atoms with Gasteiger partial charge in [0.15, 0.2) is 0 Å². The molecule has 0 aliphatic heterocycles. The van der Waals surface area contributed by atoms with E-state index in [0.717, 1.165) is 19.0 Å². The minimum atomic E-state index is -0.129. The van der Waals surface area contributed by atoms with Crippen LogP contribution in [0.4, 0.5) is 5.82 Å². The van der Waals surface area contributed by atoms with Crippen molar-refractivity contribution < 1.29 is 4.79 Å². The first-order chi connectivity index (χ1) is 9.69. The highest BCUT2D eigenvalue weighted by molar-refractivity contribution is 5.92. The number of carbonyl (C=O) groups is 1. The number of nitrogens with zero attached hydrogens (tertiary/aromatic N) is 2. The fourth-order valence-corrected chi connectivity index (χ4v) is 2.60. The maximum atomic E-state index is 12.1. The molecular formula is C15H24N4O. The number of nitrogens with one attached hydrogen (secondary N) is 2. The second-order valence-electron chi connectivity index (χ2n) is 5.66. The molecule has 1 saturated carbocycles. The van der Waals surface area contributed by atoms with Gasteiger partial charge < -0.3 is 10.6 Å². The zero-order valence-corrected chi connectivity index (χ0v) is 12.4. The highest BCUT2D eigenvalue weighted by atomic mass is 16.1. The van der Waals surface area contributed by atoms with Crippen LogP contribution in [-0.2, 0) is 0 Å². The summed E-state index contributed by atoms with van der Waals surface area (Å²) in [4.78, 5) is 20.4. The van der Waals surface area contributed by atoms with Crippen molar-refractivity contribution in [3.05, 3.63) is 18.1 Å². The molecule has 5 heteroatoms. The van der Waals surface area contributed by atoms with Crippen LogP contribution in [-0.4, -0.2) is 29.0 Å². The van der Waals surface area contributed by atoms with Crippen molar-refractivity contribution in [1.29, 1.82) is 0 Å². The Bertz CT molecular complexity index is 441. The lowest BCUT2D eigenvalue weighted by molar-refractivity contribution is 0.0936. The number of anilines is 1. The van der Waals surface area contributed by atoms with Crippen molar-refractivity contribution >= 4 is 11.7 Å². The summed E-state index contributed by atoms with van der Waals surface area (Å²) < 4.78 is 0. The quantitative estimate of drug-likeness (QED) is 0.867. The third-order valence-electron chi connectivity index (χ3n) is 3.91. The number of hydrogen-bond donors (Lipinski definition) is 2. The molecule has 1 amide bonds. The Morgan fingerprint density at radius 2 is 2.05 bits per heavy atom. The summed E-state index contributed by atoms with van der Waals surface area (Å²) in [6.45, 7) is 5.80. The van der Waals surface area contributed by atoms with Crippen molar-refractivity contribution in [3.63, 3.8) is 0 Å². The first-order valence-corrected chi connectivity index (χ1v) is 7.53. The van der Waals surface area contributed by atoms with Gasteiger partial charge >= 0.3 is 0 Å². The zero-order valence-electron chi connectivity index (χ0n) is 12.4. The largest absolute Gasteiger partial charge is 0.369 e. The van der Waals surface area contributed by atoms with E-state index in [-0.39, 0.29) is 5.91 Å². The third-order valence-corrected chi connectivity index (χ3v) is 3.91. The maximum absolute atomic E-state index is 12.1. The molecule has 20 heavy (non-hydrogen) atoms. The molecule has 0 aromatic carbocycles. The van der Waals surface area contributed by atoms with Gasteiger partial charge in [-0.2, -0.15) is 0 Å². The van der Waals surface area contributed by atoms with Crippen LogP contribution < -0.4 is 10.6 Å². The number of amides is 1. The van der Waals surface area contributed by atoms with E-state index < -0.39 is 0 Å². The summed E-state index contributed by atoms with van der Waals surface area (Å²) in [5.74, 6) is 1.96. The number of rotatable bonds is 5. The van der Waals surface area contributed by atoms with Crippen LogP contribution in [0.5, 0.6) is 0 Å². The summed E-state index contributed by atoms with van der Waals surface area (Å²) in [5.41, 5.74) is 0.382. The van der Waals surface area contributed by atoms with E-state index >= 15 is 0 Å². The molecule has 0 bridgehead atoms. The van der Waals surface area contributed by atoms with Gasteiger partial charge in [0.2, 0.25) is 0 Å². The van der Waals surface area contributed by atoms with Crippen LogP contribution in [0.15, 0.2) is 12.4 Å². The summed E-state index contributed by atoms with van der Waals surface area (Å²) in [7, 11) is 0. The number of aromatic nitrogens is 2. The van der Waals surface area contributed by atoms with Crippen molar-refractivity contribution in [2.45, 2.75) is 39.5 Å². The molecular weight excluding hydrogens is 252 g/mol. The monoisotopic (exact) mass is 276 g/mol. The van der Waals surface area contributed by atoms with Crippen molar-refractivity contribution in [2.24, 2.45) is 11.8 Å². The molecule has 0 atom stereocenters. The van der Waals surface area contributed by atoms with Gasteiger partial charge in [0.25, 0.3) is 5.91 Å².